The minimum atomic E-state index is -0.0499. The smallest absolute Gasteiger partial charge is 0.255 e. The molecule has 1 spiro atoms. The number of rotatable bonds is 3. The van der Waals surface area contributed by atoms with E-state index in [-0.39, 0.29) is 17.4 Å². The molecule has 0 saturated carbocycles. The molecular weight excluding hydrogens is 342 g/mol. The normalized spacial score (nSPS) is 19.6. The molecule has 2 aromatic rings. The van der Waals surface area contributed by atoms with Crippen molar-refractivity contribution in [3.05, 3.63) is 24.2 Å². The second-order valence-corrected chi connectivity index (χ2v) is 8.33. The first-order valence-electron chi connectivity index (χ1n) is 9.76. The van der Waals surface area contributed by atoms with Gasteiger partial charge in [-0.3, -0.25) is 9.59 Å². The third kappa shape index (κ3) is 3.09. The predicted octanol–water partition coefficient (Wildman–Crippen LogP) is 2.31. The molecular formula is C20H27N5O2. The van der Waals surface area contributed by atoms with Crippen molar-refractivity contribution < 1.29 is 9.59 Å². The number of carbonyl (C=O) groups excluding carboxylic acids is 2. The second-order valence-electron chi connectivity index (χ2n) is 8.33. The van der Waals surface area contributed by atoms with Gasteiger partial charge in [0.1, 0.15) is 5.52 Å². The lowest BCUT2D eigenvalue weighted by Crippen LogP contribution is -2.52. The highest BCUT2D eigenvalue weighted by Crippen LogP contribution is 2.38. The van der Waals surface area contributed by atoms with Gasteiger partial charge >= 0.3 is 0 Å². The van der Waals surface area contributed by atoms with E-state index in [0.717, 1.165) is 37.0 Å². The highest BCUT2D eigenvalue weighted by atomic mass is 16.2. The maximum Gasteiger partial charge on any atom is 0.255 e. The third-order valence-electron chi connectivity index (χ3n) is 6.14. The zero-order chi connectivity index (χ0) is 19.2. The molecule has 2 aliphatic heterocycles. The Bertz CT molecular complexity index is 880. The Morgan fingerprint density at radius 1 is 1.22 bits per heavy atom. The van der Waals surface area contributed by atoms with Crippen molar-refractivity contribution in [3.8, 4) is 0 Å². The molecule has 144 valence electrons. The van der Waals surface area contributed by atoms with Crippen molar-refractivity contribution in [1.82, 2.24) is 24.3 Å². The van der Waals surface area contributed by atoms with E-state index in [2.05, 4.69) is 23.8 Å². The van der Waals surface area contributed by atoms with Gasteiger partial charge in [0, 0.05) is 44.8 Å². The zero-order valence-corrected chi connectivity index (χ0v) is 16.3. The van der Waals surface area contributed by atoms with Crippen LogP contribution in [0.1, 0.15) is 49.9 Å². The predicted molar refractivity (Wildman–Crippen MR) is 102 cm³/mol. The molecule has 4 heterocycles. The number of carbonyl (C=O) groups is 2. The van der Waals surface area contributed by atoms with Gasteiger partial charge in [-0.05, 0) is 31.2 Å². The fraction of sp³-hybridized carbons (Fsp3) is 0.600. The number of aromatic nitrogens is 3. The van der Waals surface area contributed by atoms with Crippen LogP contribution in [0.5, 0.6) is 0 Å². The molecule has 0 radical (unpaired) electrons. The molecule has 4 rings (SSSR count). The number of likely N-dealkylation sites (tertiary alicyclic amines) is 2. The van der Waals surface area contributed by atoms with Gasteiger partial charge in [0.15, 0.2) is 5.65 Å². The highest BCUT2D eigenvalue weighted by Gasteiger charge is 2.45. The Balaban J connectivity index is 1.48. The van der Waals surface area contributed by atoms with Crippen LogP contribution in [0.2, 0.25) is 0 Å². The third-order valence-corrected chi connectivity index (χ3v) is 6.14. The van der Waals surface area contributed by atoms with Crippen LogP contribution in [0.25, 0.3) is 11.2 Å². The van der Waals surface area contributed by atoms with E-state index < -0.39 is 0 Å². The van der Waals surface area contributed by atoms with Crippen LogP contribution in [-0.4, -0.2) is 61.8 Å². The molecule has 27 heavy (non-hydrogen) atoms. The number of pyridine rings is 1. The number of hydrogen-bond donors (Lipinski definition) is 0. The van der Waals surface area contributed by atoms with Gasteiger partial charge in [0.2, 0.25) is 5.91 Å². The maximum absolute atomic E-state index is 12.9. The van der Waals surface area contributed by atoms with E-state index in [1.165, 1.54) is 0 Å². The van der Waals surface area contributed by atoms with Gasteiger partial charge in [-0.25, -0.2) is 9.97 Å². The average Bonchev–Trinajstić information content (AvgIpc) is 3.18. The second kappa shape index (κ2) is 6.62. The van der Waals surface area contributed by atoms with E-state index in [0.29, 0.717) is 31.0 Å². The van der Waals surface area contributed by atoms with E-state index in [1.54, 1.807) is 12.5 Å². The minimum absolute atomic E-state index is 0.00429. The molecule has 0 unspecified atom stereocenters. The van der Waals surface area contributed by atoms with E-state index >= 15 is 0 Å². The minimum Gasteiger partial charge on any atom is -0.340 e. The lowest BCUT2D eigenvalue weighted by Gasteiger charge is -2.43. The molecule has 2 fully saturated rings. The van der Waals surface area contributed by atoms with Gasteiger partial charge in [-0.1, -0.05) is 13.8 Å². The topological polar surface area (TPSA) is 71.3 Å². The van der Waals surface area contributed by atoms with E-state index in [9.17, 15) is 9.59 Å². The summed E-state index contributed by atoms with van der Waals surface area (Å²) in [6, 6.07) is 1.84. The number of amides is 2. The molecule has 7 heteroatoms. The van der Waals surface area contributed by atoms with Crippen LogP contribution < -0.4 is 0 Å². The highest BCUT2D eigenvalue weighted by molar-refractivity contribution is 5.96. The first-order valence-corrected chi connectivity index (χ1v) is 9.76. The molecule has 7 nitrogen and oxygen atoms in total. The lowest BCUT2D eigenvalue weighted by molar-refractivity contribution is -0.130. The molecule has 0 bridgehead atoms. The number of hydrogen-bond acceptors (Lipinski definition) is 4. The summed E-state index contributed by atoms with van der Waals surface area (Å²) in [7, 11) is 1.90. The quantitative estimate of drug-likeness (QED) is 0.832. The van der Waals surface area contributed by atoms with Crippen LogP contribution in [0.15, 0.2) is 18.6 Å². The first-order chi connectivity index (χ1) is 12.9. The fourth-order valence-corrected chi connectivity index (χ4v) is 4.43. The summed E-state index contributed by atoms with van der Waals surface area (Å²) in [4.78, 5) is 37.6. The number of nitrogens with zero attached hydrogens (tertiary/aromatic N) is 5. The molecule has 2 aliphatic rings. The largest absolute Gasteiger partial charge is 0.340 e. The maximum atomic E-state index is 12.9. The summed E-state index contributed by atoms with van der Waals surface area (Å²) in [5.41, 5.74) is 2.12. The first kappa shape index (κ1) is 17.9. The van der Waals surface area contributed by atoms with Crippen LogP contribution in [0, 0.1) is 5.92 Å². The van der Waals surface area contributed by atoms with Gasteiger partial charge in [0.25, 0.3) is 5.91 Å². The average molecular weight is 369 g/mol. The molecule has 2 amide bonds. The van der Waals surface area contributed by atoms with Crippen LogP contribution in [0.4, 0.5) is 0 Å². The summed E-state index contributed by atoms with van der Waals surface area (Å²) >= 11 is 0. The molecule has 0 aromatic carbocycles. The van der Waals surface area contributed by atoms with Crippen molar-refractivity contribution in [2.24, 2.45) is 5.92 Å². The molecule has 0 N–H and O–H groups in total. The molecule has 0 atom stereocenters. The number of imidazole rings is 1. The Morgan fingerprint density at radius 2 is 1.96 bits per heavy atom. The number of piperidine rings is 1. The van der Waals surface area contributed by atoms with Crippen LogP contribution >= 0.6 is 0 Å². The van der Waals surface area contributed by atoms with Gasteiger partial charge in [-0.2, -0.15) is 0 Å². The summed E-state index contributed by atoms with van der Waals surface area (Å²) in [6.45, 7) is 6.52. The Morgan fingerprint density at radius 3 is 2.59 bits per heavy atom. The SMILES string of the molecule is CC(C)Cn1cnc2cc(C(=O)N3CCC4(CCC(=O)N4C)CC3)cnc21. The Kier molecular flexibility index (Phi) is 4.40. The summed E-state index contributed by atoms with van der Waals surface area (Å²) in [6.07, 6.45) is 6.69. The molecule has 0 aliphatic carbocycles. The van der Waals surface area contributed by atoms with Crippen molar-refractivity contribution in [1.29, 1.82) is 0 Å². The van der Waals surface area contributed by atoms with Crippen molar-refractivity contribution in [3.63, 3.8) is 0 Å². The van der Waals surface area contributed by atoms with Crippen LogP contribution in [-0.2, 0) is 11.3 Å². The summed E-state index contributed by atoms with van der Waals surface area (Å²) < 4.78 is 2.03. The molecule has 2 saturated heterocycles. The van der Waals surface area contributed by atoms with E-state index in [4.69, 9.17) is 0 Å². The monoisotopic (exact) mass is 369 g/mol. The number of fused-ring (bicyclic) bond motifs is 1. The van der Waals surface area contributed by atoms with Crippen molar-refractivity contribution in [2.75, 3.05) is 20.1 Å². The summed E-state index contributed by atoms with van der Waals surface area (Å²) in [5.74, 6) is 0.734. The Labute approximate surface area is 159 Å². The van der Waals surface area contributed by atoms with Gasteiger partial charge < -0.3 is 14.4 Å². The van der Waals surface area contributed by atoms with Crippen molar-refractivity contribution in [2.45, 2.75) is 51.6 Å². The lowest BCUT2D eigenvalue weighted by atomic mass is 9.85. The fourth-order valence-electron chi connectivity index (χ4n) is 4.43. The Hall–Kier alpha value is -2.44. The van der Waals surface area contributed by atoms with Crippen LogP contribution in [0.3, 0.4) is 0 Å². The van der Waals surface area contributed by atoms with E-state index in [1.807, 2.05) is 27.5 Å². The van der Waals surface area contributed by atoms with Gasteiger partial charge in [-0.15, -0.1) is 0 Å². The summed E-state index contributed by atoms with van der Waals surface area (Å²) in [5, 5.41) is 0. The standard InChI is InChI=1S/C20H27N5O2/c1-14(2)12-25-13-22-16-10-15(11-21-18(16)25)19(27)24-8-6-20(7-9-24)5-4-17(26)23(20)3/h10-11,13-14H,4-9,12H2,1-3H3. The van der Waals surface area contributed by atoms with Crippen molar-refractivity contribution >= 4 is 23.0 Å². The zero-order valence-electron chi connectivity index (χ0n) is 16.3. The molecule has 2 aromatic heterocycles. The van der Waals surface area contributed by atoms with Gasteiger partial charge in [0.05, 0.1) is 11.9 Å².